The fourth-order valence-corrected chi connectivity index (χ4v) is 3.64. The number of hydrogen-bond acceptors (Lipinski definition) is 3. The Balaban J connectivity index is 1.80. The van der Waals surface area contributed by atoms with Crippen molar-refractivity contribution in [1.29, 1.82) is 0 Å². The molecule has 5 nitrogen and oxygen atoms in total. The summed E-state index contributed by atoms with van der Waals surface area (Å²) in [5.41, 5.74) is 0.850. The van der Waals surface area contributed by atoms with Crippen molar-refractivity contribution >= 4 is 10.2 Å². The molecule has 0 amide bonds. The van der Waals surface area contributed by atoms with Gasteiger partial charge in [0.05, 0.1) is 0 Å². The first-order valence-electron chi connectivity index (χ1n) is 7.26. The van der Waals surface area contributed by atoms with Crippen molar-refractivity contribution in [3.8, 4) is 5.75 Å². The van der Waals surface area contributed by atoms with Crippen LogP contribution < -0.4 is 9.46 Å². The van der Waals surface area contributed by atoms with E-state index in [0.29, 0.717) is 19.5 Å². The normalized spacial score (nSPS) is 16.9. The first-order valence-corrected chi connectivity index (χ1v) is 8.70. The lowest BCUT2D eigenvalue weighted by Gasteiger charge is -2.25. The molecular formula is C14H20F2N2O3S. The number of hydrogen-bond donors (Lipinski definition) is 1. The number of nitrogens with zero attached hydrogens (tertiary/aromatic N) is 1. The third-order valence-electron chi connectivity index (χ3n) is 3.50. The van der Waals surface area contributed by atoms with Crippen LogP contribution in [0, 0.1) is 0 Å². The fraction of sp³-hybridized carbons (Fsp3) is 0.571. The second-order valence-corrected chi connectivity index (χ2v) is 6.89. The van der Waals surface area contributed by atoms with E-state index in [2.05, 4.69) is 9.46 Å². The van der Waals surface area contributed by atoms with E-state index >= 15 is 0 Å². The van der Waals surface area contributed by atoms with E-state index < -0.39 is 16.8 Å². The van der Waals surface area contributed by atoms with E-state index in [9.17, 15) is 17.2 Å². The Bertz CT molecular complexity index is 558. The van der Waals surface area contributed by atoms with Crippen molar-refractivity contribution < 1.29 is 21.9 Å². The highest BCUT2D eigenvalue weighted by atomic mass is 32.2. The Morgan fingerprint density at radius 1 is 1.14 bits per heavy atom. The van der Waals surface area contributed by atoms with Crippen molar-refractivity contribution in [3.63, 3.8) is 0 Å². The minimum absolute atomic E-state index is 0.0904. The Morgan fingerprint density at radius 2 is 1.77 bits per heavy atom. The number of rotatable bonds is 7. The smallest absolute Gasteiger partial charge is 0.387 e. The molecule has 22 heavy (non-hydrogen) atoms. The van der Waals surface area contributed by atoms with E-state index in [0.717, 1.165) is 24.8 Å². The zero-order valence-electron chi connectivity index (χ0n) is 12.2. The zero-order chi connectivity index (χ0) is 16.0. The second kappa shape index (κ2) is 7.85. The quantitative estimate of drug-likeness (QED) is 0.831. The van der Waals surface area contributed by atoms with Crippen LogP contribution in [0.15, 0.2) is 24.3 Å². The molecule has 0 bridgehead atoms. The molecule has 1 saturated heterocycles. The van der Waals surface area contributed by atoms with E-state index in [1.807, 2.05) is 0 Å². The number of nitrogens with one attached hydrogen (secondary N) is 1. The monoisotopic (exact) mass is 334 g/mol. The summed E-state index contributed by atoms with van der Waals surface area (Å²) >= 11 is 0. The van der Waals surface area contributed by atoms with E-state index in [1.165, 1.54) is 16.4 Å². The Morgan fingerprint density at radius 3 is 2.36 bits per heavy atom. The molecule has 1 aliphatic rings. The molecular weight excluding hydrogens is 314 g/mol. The van der Waals surface area contributed by atoms with Gasteiger partial charge in [0.25, 0.3) is 10.2 Å². The first kappa shape index (κ1) is 17.1. The maximum Gasteiger partial charge on any atom is 0.387 e. The predicted octanol–water partition coefficient (Wildman–Crippen LogP) is 2.15. The van der Waals surface area contributed by atoms with Gasteiger partial charge >= 0.3 is 6.61 Å². The average Bonchev–Trinajstić information content (AvgIpc) is 2.49. The van der Waals surface area contributed by atoms with E-state index in [4.69, 9.17) is 0 Å². The van der Waals surface area contributed by atoms with Crippen LogP contribution in [0.25, 0.3) is 0 Å². The number of ether oxygens (including phenoxy) is 1. The topological polar surface area (TPSA) is 58.6 Å². The molecule has 1 aliphatic heterocycles. The van der Waals surface area contributed by atoms with Crippen molar-refractivity contribution in [2.75, 3.05) is 19.6 Å². The van der Waals surface area contributed by atoms with Gasteiger partial charge in [0.1, 0.15) is 5.75 Å². The summed E-state index contributed by atoms with van der Waals surface area (Å²) in [4.78, 5) is 0. The fourth-order valence-electron chi connectivity index (χ4n) is 2.36. The van der Waals surface area contributed by atoms with Crippen LogP contribution in [0.1, 0.15) is 24.8 Å². The molecule has 124 valence electrons. The average molecular weight is 334 g/mol. The molecule has 0 atom stereocenters. The third kappa shape index (κ3) is 5.19. The summed E-state index contributed by atoms with van der Waals surface area (Å²) < 4.78 is 56.5. The maximum absolute atomic E-state index is 12.1. The molecule has 1 fully saturated rings. The minimum Gasteiger partial charge on any atom is -0.435 e. The van der Waals surface area contributed by atoms with Gasteiger partial charge in [-0.25, -0.2) is 4.72 Å². The van der Waals surface area contributed by atoms with Gasteiger partial charge in [0, 0.05) is 19.6 Å². The largest absolute Gasteiger partial charge is 0.435 e. The molecule has 8 heteroatoms. The lowest BCUT2D eigenvalue weighted by atomic mass is 10.1. The number of alkyl halides is 2. The lowest BCUT2D eigenvalue weighted by molar-refractivity contribution is -0.0498. The van der Waals surface area contributed by atoms with Crippen LogP contribution in [-0.4, -0.2) is 39.0 Å². The van der Waals surface area contributed by atoms with Crippen LogP contribution in [0.3, 0.4) is 0 Å². The highest BCUT2D eigenvalue weighted by Gasteiger charge is 2.22. The van der Waals surface area contributed by atoms with Crippen LogP contribution in [-0.2, 0) is 16.6 Å². The van der Waals surface area contributed by atoms with Crippen LogP contribution in [0.5, 0.6) is 5.75 Å². The molecule has 1 N–H and O–H groups in total. The number of piperidine rings is 1. The molecule has 0 saturated carbocycles. The van der Waals surface area contributed by atoms with Gasteiger partial charge in [0.15, 0.2) is 0 Å². The standard InChI is InChI=1S/C14H20F2N2O3S/c15-14(16)21-13-6-4-12(5-7-13)8-9-17-22(19,20)18-10-2-1-3-11-18/h4-7,14,17H,1-3,8-11H2. The van der Waals surface area contributed by atoms with Crippen LogP contribution in [0.2, 0.25) is 0 Å². The third-order valence-corrected chi connectivity index (χ3v) is 5.12. The molecule has 2 rings (SSSR count). The summed E-state index contributed by atoms with van der Waals surface area (Å²) in [5.74, 6) is 0.0904. The molecule has 0 aromatic heterocycles. The van der Waals surface area contributed by atoms with Crippen molar-refractivity contribution in [2.24, 2.45) is 0 Å². The number of halogens is 2. The molecule has 1 aromatic rings. The van der Waals surface area contributed by atoms with Gasteiger partial charge in [-0.3, -0.25) is 0 Å². The summed E-state index contributed by atoms with van der Waals surface area (Å²) in [7, 11) is -3.42. The summed E-state index contributed by atoms with van der Waals surface area (Å²) in [6.07, 6.45) is 3.35. The van der Waals surface area contributed by atoms with E-state index in [-0.39, 0.29) is 12.3 Å². The number of benzene rings is 1. The summed E-state index contributed by atoms with van der Waals surface area (Å²) in [6, 6.07) is 6.18. The van der Waals surface area contributed by atoms with Gasteiger partial charge < -0.3 is 4.74 Å². The van der Waals surface area contributed by atoms with Crippen LogP contribution in [0.4, 0.5) is 8.78 Å². The van der Waals surface area contributed by atoms with Crippen molar-refractivity contribution in [1.82, 2.24) is 9.03 Å². The zero-order valence-corrected chi connectivity index (χ0v) is 13.0. The summed E-state index contributed by atoms with van der Waals surface area (Å²) in [5, 5.41) is 0. The predicted molar refractivity (Wildman–Crippen MR) is 79.1 cm³/mol. The first-order chi connectivity index (χ1) is 10.5. The van der Waals surface area contributed by atoms with Gasteiger partial charge in [-0.15, -0.1) is 0 Å². The molecule has 1 aromatic carbocycles. The SMILES string of the molecule is O=S(=O)(NCCc1ccc(OC(F)F)cc1)N1CCCCC1. The molecule has 0 aliphatic carbocycles. The van der Waals surface area contributed by atoms with Crippen molar-refractivity contribution in [2.45, 2.75) is 32.3 Å². The maximum atomic E-state index is 12.1. The Kier molecular flexibility index (Phi) is 6.10. The Hall–Kier alpha value is -1.25. The Labute approximate surface area is 129 Å². The lowest BCUT2D eigenvalue weighted by Crippen LogP contribution is -2.43. The van der Waals surface area contributed by atoms with E-state index in [1.54, 1.807) is 12.1 Å². The van der Waals surface area contributed by atoms with Gasteiger partial charge in [-0.1, -0.05) is 18.6 Å². The van der Waals surface area contributed by atoms with Crippen LogP contribution >= 0.6 is 0 Å². The minimum atomic E-state index is -3.42. The highest BCUT2D eigenvalue weighted by Crippen LogP contribution is 2.15. The highest BCUT2D eigenvalue weighted by molar-refractivity contribution is 7.87. The molecule has 0 unspecified atom stereocenters. The van der Waals surface area contributed by atoms with Crippen molar-refractivity contribution in [3.05, 3.63) is 29.8 Å². The molecule has 1 heterocycles. The molecule has 0 radical (unpaired) electrons. The van der Waals surface area contributed by atoms with Gasteiger partial charge in [-0.2, -0.15) is 21.5 Å². The molecule has 0 spiro atoms. The second-order valence-electron chi connectivity index (χ2n) is 5.13. The summed E-state index contributed by atoms with van der Waals surface area (Å²) in [6.45, 7) is -1.44. The van der Waals surface area contributed by atoms with Gasteiger partial charge in [-0.05, 0) is 37.0 Å². The van der Waals surface area contributed by atoms with Gasteiger partial charge in [0.2, 0.25) is 0 Å².